The first-order chi connectivity index (χ1) is 4.77. The van der Waals surface area contributed by atoms with Gasteiger partial charge in [-0.3, -0.25) is 0 Å². The summed E-state index contributed by atoms with van der Waals surface area (Å²) >= 11 is 5.64. The van der Waals surface area contributed by atoms with Gasteiger partial charge in [0.1, 0.15) is 0 Å². The molecule has 0 amide bonds. The van der Waals surface area contributed by atoms with Crippen LogP contribution < -0.4 is 0 Å². The first-order valence-corrected chi connectivity index (χ1v) is 4.86. The Morgan fingerprint density at radius 3 is 2.40 bits per heavy atom. The highest BCUT2D eigenvalue weighted by Gasteiger charge is 2.27. The van der Waals surface area contributed by atoms with Gasteiger partial charge in [0.2, 0.25) is 0 Å². The van der Waals surface area contributed by atoms with Crippen molar-refractivity contribution in [3.8, 4) is 0 Å². The van der Waals surface area contributed by atoms with Crippen LogP contribution in [0, 0.1) is 5.41 Å². The molecule has 0 atom stereocenters. The number of halogens is 1. The number of rotatable bonds is 3. The van der Waals surface area contributed by atoms with E-state index in [1.807, 2.05) is 0 Å². The monoisotopic (exact) mass is 160 g/mol. The standard InChI is InChI=1S/C9H17Cl/c1-9(7-4-8-10)5-2-3-6-9/h2-8H2,1H3. The van der Waals surface area contributed by atoms with Crippen molar-refractivity contribution in [2.45, 2.75) is 45.4 Å². The van der Waals surface area contributed by atoms with Crippen LogP contribution in [0.3, 0.4) is 0 Å². The van der Waals surface area contributed by atoms with E-state index in [9.17, 15) is 0 Å². The maximum Gasteiger partial charge on any atom is 0.0223 e. The Labute approximate surface area is 69.0 Å². The summed E-state index contributed by atoms with van der Waals surface area (Å²) < 4.78 is 0. The summed E-state index contributed by atoms with van der Waals surface area (Å²) in [7, 11) is 0. The molecule has 1 rings (SSSR count). The van der Waals surface area contributed by atoms with E-state index < -0.39 is 0 Å². The van der Waals surface area contributed by atoms with Gasteiger partial charge in [0.25, 0.3) is 0 Å². The SMILES string of the molecule is CC1(CCCCl)CCCC1. The van der Waals surface area contributed by atoms with Gasteiger partial charge in [-0.25, -0.2) is 0 Å². The van der Waals surface area contributed by atoms with E-state index in [0.29, 0.717) is 5.41 Å². The number of hydrogen-bond donors (Lipinski definition) is 0. The normalized spacial score (nSPS) is 23.4. The van der Waals surface area contributed by atoms with Gasteiger partial charge in [-0.05, 0) is 31.1 Å². The average Bonchev–Trinajstić information content (AvgIpc) is 2.33. The first-order valence-electron chi connectivity index (χ1n) is 4.33. The zero-order valence-electron chi connectivity index (χ0n) is 6.83. The minimum atomic E-state index is 0.662. The molecule has 0 aromatic rings. The van der Waals surface area contributed by atoms with Crippen LogP contribution in [-0.2, 0) is 0 Å². The van der Waals surface area contributed by atoms with Gasteiger partial charge in [0.05, 0.1) is 0 Å². The second kappa shape index (κ2) is 3.61. The lowest BCUT2D eigenvalue weighted by Gasteiger charge is -2.22. The van der Waals surface area contributed by atoms with Crippen LogP contribution in [0.15, 0.2) is 0 Å². The zero-order valence-corrected chi connectivity index (χ0v) is 7.58. The fourth-order valence-electron chi connectivity index (χ4n) is 1.97. The predicted octanol–water partition coefficient (Wildman–Crippen LogP) is 3.59. The summed E-state index contributed by atoms with van der Waals surface area (Å²) in [4.78, 5) is 0. The Balaban J connectivity index is 2.22. The maximum atomic E-state index is 5.64. The van der Waals surface area contributed by atoms with Crippen LogP contribution in [0.25, 0.3) is 0 Å². The molecule has 0 aromatic heterocycles. The molecule has 0 N–H and O–H groups in total. The summed E-state index contributed by atoms with van der Waals surface area (Å²) in [5.74, 6) is 0.843. The van der Waals surface area contributed by atoms with Gasteiger partial charge in [0, 0.05) is 5.88 Å². The molecule has 60 valence electrons. The van der Waals surface area contributed by atoms with E-state index in [4.69, 9.17) is 11.6 Å². The van der Waals surface area contributed by atoms with Crippen molar-refractivity contribution in [2.75, 3.05) is 5.88 Å². The minimum absolute atomic E-state index is 0.662. The zero-order chi connectivity index (χ0) is 7.45. The fraction of sp³-hybridized carbons (Fsp3) is 1.00. The molecule has 1 aliphatic rings. The van der Waals surface area contributed by atoms with Gasteiger partial charge < -0.3 is 0 Å². The van der Waals surface area contributed by atoms with E-state index in [1.54, 1.807) is 0 Å². The lowest BCUT2D eigenvalue weighted by molar-refractivity contribution is 0.306. The summed E-state index contributed by atoms with van der Waals surface area (Å²) in [6, 6.07) is 0. The van der Waals surface area contributed by atoms with Crippen molar-refractivity contribution in [3.05, 3.63) is 0 Å². The average molecular weight is 161 g/mol. The van der Waals surface area contributed by atoms with E-state index >= 15 is 0 Å². The summed E-state index contributed by atoms with van der Waals surface area (Å²) in [5, 5.41) is 0. The molecule has 0 saturated heterocycles. The number of hydrogen-bond acceptors (Lipinski definition) is 0. The molecular weight excluding hydrogens is 144 g/mol. The highest BCUT2D eigenvalue weighted by Crippen LogP contribution is 2.41. The van der Waals surface area contributed by atoms with Gasteiger partial charge in [-0.1, -0.05) is 19.8 Å². The fourth-order valence-corrected chi connectivity index (χ4v) is 2.11. The Kier molecular flexibility index (Phi) is 3.03. The summed E-state index contributed by atoms with van der Waals surface area (Å²) in [5.41, 5.74) is 0.662. The third-order valence-electron chi connectivity index (χ3n) is 2.72. The molecule has 1 fully saturated rings. The molecule has 0 heterocycles. The van der Waals surface area contributed by atoms with Crippen molar-refractivity contribution >= 4 is 11.6 Å². The Hall–Kier alpha value is 0.290. The van der Waals surface area contributed by atoms with E-state index in [1.165, 1.54) is 38.5 Å². The highest BCUT2D eigenvalue weighted by molar-refractivity contribution is 6.17. The first kappa shape index (κ1) is 8.39. The lowest BCUT2D eigenvalue weighted by atomic mass is 9.84. The van der Waals surface area contributed by atoms with Crippen molar-refractivity contribution in [3.63, 3.8) is 0 Å². The van der Waals surface area contributed by atoms with E-state index in [-0.39, 0.29) is 0 Å². The van der Waals surface area contributed by atoms with Crippen LogP contribution in [0.2, 0.25) is 0 Å². The van der Waals surface area contributed by atoms with Crippen molar-refractivity contribution in [1.82, 2.24) is 0 Å². The summed E-state index contributed by atoms with van der Waals surface area (Å²) in [6.45, 7) is 2.41. The molecular formula is C9H17Cl. The minimum Gasteiger partial charge on any atom is -0.127 e. The van der Waals surface area contributed by atoms with Gasteiger partial charge >= 0.3 is 0 Å². The largest absolute Gasteiger partial charge is 0.127 e. The molecule has 0 nitrogen and oxygen atoms in total. The van der Waals surface area contributed by atoms with E-state index in [0.717, 1.165) is 5.88 Å². The van der Waals surface area contributed by atoms with Gasteiger partial charge in [-0.15, -0.1) is 11.6 Å². The summed E-state index contributed by atoms with van der Waals surface area (Å²) in [6.07, 6.45) is 8.31. The molecule has 0 aromatic carbocycles. The van der Waals surface area contributed by atoms with Crippen LogP contribution >= 0.6 is 11.6 Å². The topological polar surface area (TPSA) is 0 Å². The van der Waals surface area contributed by atoms with Crippen LogP contribution in [0.1, 0.15) is 45.4 Å². The van der Waals surface area contributed by atoms with E-state index in [2.05, 4.69) is 6.92 Å². The van der Waals surface area contributed by atoms with Crippen molar-refractivity contribution < 1.29 is 0 Å². The molecule has 0 radical (unpaired) electrons. The molecule has 0 unspecified atom stereocenters. The Morgan fingerprint density at radius 2 is 1.90 bits per heavy atom. The Morgan fingerprint density at radius 1 is 1.30 bits per heavy atom. The quantitative estimate of drug-likeness (QED) is 0.554. The van der Waals surface area contributed by atoms with Crippen molar-refractivity contribution in [2.24, 2.45) is 5.41 Å². The second-order valence-electron chi connectivity index (χ2n) is 3.81. The Bertz CT molecular complexity index is 92.9. The van der Waals surface area contributed by atoms with Crippen LogP contribution in [0.4, 0.5) is 0 Å². The third kappa shape index (κ3) is 2.16. The third-order valence-corrected chi connectivity index (χ3v) is 2.99. The molecule has 10 heavy (non-hydrogen) atoms. The molecule has 1 heteroatoms. The van der Waals surface area contributed by atoms with Gasteiger partial charge in [0.15, 0.2) is 0 Å². The van der Waals surface area contributed by atoms with Gasteiger partial charge in [-0.2, -0.15) is 0 Å². The van der Waals surface area contributed by atoms with Crippen LogP contribution in [0.5, 0.6) is 0 Å². The van der Waals surface area contributed by atoms with Crippen LogP contribution in [-0.4, -0.2) is 5.88 Å². The maximum absolute atomic E-state index is 5.64. The molecule has 1 aliphatic carbocycles. The second-order valence-corrected chi connectivity index (χ2v) is 4.19. The number of alkyl halides is 1. The lowest BCUT2D eigenvalue weighted by Crippen LogP contribution is -2.10. The highest BCUT2D eigenvalue weighted by atomic mass is 35.5. The smallest absolute Gasteiger partial charge is 0.0223 e. The van der Waals surface area contributed by atoms with Crippen molar-refractivity contribution in [1.29, 1.82) is 0 Å². The molecule has 0 aliphatic heterocycles. The molecule has 1 saturated carbocycles. The predicted molar refractivity (Wildman–Crippen MR) is 46.5 cm³/mol. The molecule has 0 spiro atoms. The molecule has 0 bridgehead atoms.